The minimum atomic E-state index is -4.97. The summed E-state index contributed by atoms with van der Waals surface area (Å²) in [5.74, 6) is 0.126. The summed E-state index contributed by atoms with van der Waals surface area (Å²) in [4.78, 5) is 3.83. The van der Waals surface area contributed by atoms with E-state index >= 15 is 0 Å². The average molecular weight is 470 g/mol. The smallest absolute Gasteiger partial charge is 0.420 e. The Labute approximate surface area is 181 Å². The van der Waals surface area contributed by atoms with Gasteiger partial charge in [0.2, 0.25) is 0 Å². The van der Waals surface area contributed by atoms with Crippen LogP contribution in [0, 0.1) is 6.92 Å². The first kappa shape index (κ1) is 26.8. The highest BCUT2D eigenvalue weighted by molar-refractivity contribution is 6.19. The van der Waals surface area contributed by atoms with E-state index in [4.69, 9.17) is 16.3 Å². The monoisotopic (exact) mass is 469 g/mol. The van der Waals surface area contributed by atoms with Gasteiger partial charge < -0.3 is 9.84 Å². The standard InChI is InChI=1S/C19H16ClF6NO2.C2H6/c1-10(8-20)9-29-16-11(2)7-14(17(28)19(24,25)26)27-15(16)12-3-5-13(6-4-12)18(21,22)23;1-2/h3-7,17,28H,1,8-9H2,2H3;1-2H3. The second-order valence-corrected chi connectivity index (χ2v) is 6.50. The average Bonchev–Trinajstić information content (AvgIpc) is 2.71. The minimum Gasteiger partial charge on any atom is -0.487 e. The quantitative estimate of drug-likeness (QED) is 0.285. The largest absolute Gasteiger partial charge is 0.487 e. The predicted octanol–water partition coefficient (Wildman–Crippen LogP) is 6.87. The number of alkyl halides is 7. The molecule has 1 aromatic carbocycles. The Morgan fingerprint density at radius 2 is 1.68 bits per heavy atom. The van der Waals surface area contributed by atoms with Gasteiger partial charge in [-0.05, 0) is 36.3 Å². The molecule has 1 atom stereocenters. The molecular weight excluding hydrogens is 448 g/mol. The van der Waals surface area contributed by atoms with Crippen LogP contribution in [-0.2, 0) is 6.18 Å². The predicted molar refractivity (Wildman–Crippen MR) is 107 cm³/mol. The lowest BCUT2D eigenvalue weighted by Crippen LogP contribution is -2.22. The number of aliphatic hydroxyl groups is 1. The van der Waals surface area contributed by atoms with E-state index in [9.17, 15) is 31.4 Å². The van der Waals surface area contributed by atoms with Crippen molar-refractivity contribution < 1.29 is 36.2 Å². The molecule has 0 fully saturated rings. The summed E-state index contributed by atoms with van der Waals surface area (Å²) in [5, 5.41) is 9.54. The Kier molecular flexibility index (Phi) is 9.38. The molecule has 0 aliphatic heterocycles. The van der Waals surface area contributed by atoms with Crippen molar-refractivity contribution in [2.24, 2.45) is 0 Å². The molecule has 2 rings (SSSR count). The van der Waals surface area contributed by atoms with Gasteiger partial charge in [-0.1, -0.05) is 32.6 Å². The van der Waals surface area contributed by atoms with Crippen LogP contribution >= 0.6 is 11.6 Å². The molecule has 1 unspecified atom stereocenters. The van der Waals surface area contributed by atoms with Gasteiger partial charge in [-0.3, -0.25) is 0 Å². The molecule has 0 saturated carbocycles. The molecule has 2 aromatic rings. The molecule has 0 bridgehead atoms. The first-order valence-electron chi connectivity index (χ1n) is 9.14. The van der Waals surface area contributed by atoms with E-state index in [1.54, 1.807) is 0 Å². The fourth-order valence-electron chi connectivity index (χ4n) is 2.40. The van der Waals surface area contributed by atoms with Gasteiger partial charge in [0.15, 0.2) is 6.10 Å². The molecular formula is C21H22ClF6NO2. The van der Waals surface area contributed by atoms with Crippen LogP contribution in [0.5, 0.6) is 5.75 Å². The van der Waals surface area contributed by atoms with Gasteiger partial charge in [-0.2, -0.15) is 26.3 Å². The lowest BCUT2D eigenvalue weighted by Gasteiger charge is -2.19. The van der Waals surface area contributed by atoms with Crippen molar-refractivity contribution in [1.29, 1.82) is 0 Å². The second kappa shape index (κ2) is 10.9. The molecule has 0 aliphatic rings. The summed E-state index contributed by atoms with van der Waals surface area (Å²) in [6.07, 6.45) is -12.4. The van der Waals surface area contributed by atoms with E-state index < -0.39 is 29.7 Å². The van der Waals surface area contributed by atoms with Crippen molar-refractivity contribution in [3.8, 4) is 17.0 Å². The van der Waals surface area contributed by atoms with Crippen LogP contribution in [-0.4, -0.2) is 28.8 Å². The fourth-order valence-corrected chi connectivity index (χ4v) is 2.48. The van der Waals surface area contributed by atoms with Crippen LogP contribution in [0.25, 0.3) is 11.3 Å². The number of aryl methyl sites for hydroxylation is 1. The molecule has 0 amide bonds. The third-order valence-corrected chi connectivity index (χ3v) is 4.24. The first-order valence-corrected chi connectivity index (χ1v) is 9.67. The van der Waals surface area contributed by atoms with Gasteiger partial charge >= 0.3 is 12.4 Å². The van der Waals surface area contributed by atoms with E-state index in [0.717, 1.165) is 30.3 Å². The Bertz CT molecular complexity index is 879. The molecule has 1 aromatic heterocycles. The van der Waals surface area contributed by atoms with Crippen molar-refractivity contribution in [2.45, 2.75) is 39.2 Å². The molecule has 0 radical (unpaired) electrons. The summed E-state index contributed by atoms with van der Waals surface area (Å²) in [6.45, 7) is 9.01. The number of hydrogen-bond acceptors (Lipinski definition) is 3. The number of rotatable bonds is 6. The highest BCUT2D eigenvalue weighted by Crippen LogP contribution is 2.38. The zero-order valence-electron chi connectivity index (χ0n) is 17.0. The summed E-state index contributed by atoms with van der Waals surface area (Å²) in [6, 6.07) is 4.70. The van der Waals surface area contributed by atoms with E-state index in [1.165, 1.54) is 6.92 Å². The Hall–Kier alpha value is -2.26. The molecule has 0 spiro atoms. The van der Waals surface area contributed by atoms with Gasteiger partial charge in [0.05, 0.1) is 11.3 Å². The molecule has 1 N–H and O–H groups in total. The van der Waals surface area contributed by atoms with Gasteiger partial charge in [0, 0.05) is 11.4 Å². The maximum absolute atomic E-state index is 12.9. The molecule has 0 saturated heterocycles. The molecule has 3 nitrogen and oxygen atoms in total. The summed E-state index contributed by atoms with van der Waals surface area (Å²) in [5.41, 5.74) is -1.00. The molecule has 31 heavy (non-hydrogen) atoms. The summed E-state index contributed by atoms with van der Waals surface area (Å²) >= 11 is 5.63. The van der Waals surface area contributed by atoms with E-state index in [0.29, 0.717) is 5.57 Å². The Morgan fingerprint density at radius 1 is 1.13 bits per heavy atom. The van der Waals surface area contributed by atoms with Crippen molar-refractivity contribution >= 4 is 11.6 Å². The normalized spacial score (nSPS) is 12.6. The first-order chi connectivity index (χ1) is 14.3. The highest BCUT2D eigenvalue weighted by Gasteiger charge is 2.41. The van der Waals surface area contributed by atoms with E-state index in [2.05, 4.69) is 11.6 Å². The van der Waals surface area contributed by atoms with Crippen LogP contribution < -0.4 is 4.74 Å². The molecule has 0 aliphatic carbocycles. The number of ether oxygens (including phenoxy) is 1. The lowest BCUT2D eigenvalue weighted by atomic mass is 10.0. The van der Waals surface area contributed by atoms with Gasteiger partial charge in [0.1, 0.15) is 18.1 Å². The van der Waals surface area contributed by atoms with Crippen LogP contribution in [0.15, 0.2) is 42.5 Å². The van der Waals surface area contributed by atoms with E-state index in [1.807, 2.05) is 13.8 Å². The zero-order valence-corrected chi connectivity index (χ0v) is 17.8. The topological polar surface area (TPSA) is 42.4 Å². The van der Waals surface area contributed by atoms with Gasteiger partial charge in [-0.15, -0.1) is 11.6 Å². The maximum atomic E-state index is 12.9. The maximum Gasteiger partial charge on any atom is 0.420 e. The van der Waals surface area contributed by atoms with Crippen LogP contribution in [0.3, 0.4) is 0 Å². The molecule has 172 valence electrons. The summed E-state index contributed by atoms with van der Waals surface area (Å²) in [7, 11) is 0. The van der Waals surface area contributed by atoms with Gasteiger partial charge in [-0.25, -0.2) is 4.98 Å². The van der Waals surface area contributed by atoms with Crippen LogP contribution in [0.2, 0.25) is 0 Å². The number of hydrogen-bond donors (Lipinski definition) is 1. The molecule has 1 heterocycles. The number of halogens is 7. The fraction of sp³-hybridized carbons (Fsp3) is 0.381. The Balaban J connectivity index is 0.00000233. The SMILES string of the molecule is C=C(CCl)COc1c(C)cc(C(O)C(F)(F)F)nc1-c1ccc(C(F)(F)F)cc1.CC. The van der Waals surface area contributed by atoms with Crippen molar-refractivity contribution in [2.75, 3.05) is 12.5 Å². The summed E-state index contributed by atoms with van der Waals surface area (Å²) < 4.78 is 82.7. The Morgan fingerprint density at radius 3 is 2.13 bits per heavy atom. The molecule has 10 heteroatoms. The minimum absolute atomic E-state index is 0.0501. The van der Waals surface area contributed by atoms with Crippen LogP contribution in [0.4, 0.5) is 26.3 Å². The second-order valence-electron chi connectivity index (χ2n) is 6.23. The number of benzene rings is 1. The third-order valence-electron chi connectivity index (χ3n) is 3.86. The number of aliphatic hydroxyl groups excluding tert-OH is 1. The van der Waals surface area contributed by atoms with E-state index in [-0.39, 0.29) is 35.1 Å². The highest BCUT2D eigenvalue weighted by atomic mass is 35.5. The third kappa shape index (κ3) is 7.14. The number of pyridine rings is 1. The number of nitrogens with zero attached hydrogens (tertiary/aromatic N) is 1. The number of aromatic nitrogens is 1. The van der Waals surface area contributed by atoms with Gasteiger partial charge in [0.25, 0.3) is 0 Å². The zero-order chi connectivity index (χ0) is 24.0. The van der Waals surface area contributed by atoms with Crippen molar-refractivity contribution in [3.05, 3.63) is 59.3 Å². The van der Waals surface area contributed by atoms with Crippen LogP contribution in [0.1, 0.15) is 36.8 Å². The van der Waals surface area contributed by atoms with Crippen molar-refractivity contribution in [3.63, 3.8) is 0 Å². The lowest BCUT2D eigenvalue weighted by molar-refractivity contribution is -0.207. The van der Waals surface area contributed by atoms with Crippen molar-refractivity contribution in [1.82, 2.24) is 4.98 Å².